The van der Waals surface area contributed by atoms with Crippen LogP contribution in [0.4, 0.5) is 0 Å². The van der Waals surface area contributed by atoms with Crippen LogP contribution < -0.4 is 0 Å². The highest BCUT2D eigenvalue weighted by molar-refractivity contribution is 5.37. The standard InChI is InChI=1S/C21H36O3/c1-16(11-9-13-21(3,4)24)10-7-5-6-8-12-18-14-19(22)15-20(23)17(18)2/h6,8,12,16,19-20,22-24H,2,5,7,9-11,13-15H2,1,3-4H3/t16-,19-,20+/m1/s1. The van der Waals surface area contributed by atoms with E-state index in [1.54, 1.807) is 0 Å². The molecule has 0 heterocycles. The summed E-state index contributed by atoms with van der Waals surface area (Å²) in [5, 5.41) is 29.2. The molecule has 1 rings (SSSR count). The third-order valence-electron chi connectivity index (χ3n) is 4.75. The number of hydrogen-bond donors (Lipinski definition) is 3. The van der Waals surface area contributed by atoms with E-state index in [4.69, 9.17) is 0 Å². The predicted octanol–water partition coefficient (Wildman–Crippen LogP) is 4.29. The fraction of sp³-hybridized carbons (Fsp3) is 0.714. The fourth-order valence-electron chi connectivity index (χ4n) is 3.15. The minimum atomic E-state index is -0.613. The molecule has 0 saturated heterocycles. The molecule has 0 bridgehead atoms. The smallest absolute Gasteiger partial charge is 0.0811 e. The first-order valence-corrected chi connectivity index (χ1v) is 9.32. The predicted molar refractivity (Wildman–Crippen MR) is 101 cm³/mol. The van der Waals surface area contributed by atoms with Crippen molar-refractivity contribution >= 4 is 0 Å². The Morgan fingerprint density at radius 2 is 1.92 bits per heavy atom. The van der Waals surface area contributed by atoms with Gasteiger partial charge in [-0.05, 0) is 56.6 Å². The van der Waals surface area contributed by atoms with E-state index in [2.05, 4.69) is 19.6 Å². The topological polar surface area (TPSA) is 60.7 Å². The van der Waals surface area contributed by atoms with Gasteiger partial charge in [0.05, 0.1) is 17.8 Å². The molecular formula is C21H36O3. The van der Waals surface area contributed by atoms with Gasteiger partial charge >= 0.3 is 0 Å². The first-order chi connectivity index (χ1) is 11.2. The van der Waals surface area contributed by atoms with E-state index in [1.807, 2.05) is 26.0 Å². The van der Waals surface area contributed by atoms with Crippen LogP contribution >= 0.6 is 0 Å². The molecule has 3 atom stereocenters. The van der Waals surface area contributed by atoms with Gasteiger partial charge in [-0.15, -0.1) is 0 Å². The summed E-state index contributed by atoms with van der Waals surface area (Å²) in [5.41, 5.74) is 1.16. The van der Waals surface area contributed by atoms with Crippen molar-refractivity contribution in [1.82, 2.24) is 0 Å². The lowest BCUT2D eigenvalue weighted by atomic mass is 9.86. The normalized spacial score (nSPS) is 25.6. The van der Waals surface area contributed by atoms with Crippen molar-refractivity contribution in [2.45, 2.75) is 89.9 Å². The van der Waals surface area contributed by atoms with Crippen molar-refractivity contribution in [2.24, 2.45) is 5.92 Å². The molecule has 3 heteroatoms. The lowest BCUT2D eigenvalue weighted by Gasteiger charge is -2.26. The second-order valence-corrected chi connectivity index (χ2v) is 8.00. The van der Waals surface area contributed by atoms with E-state index in [-0.39, 0.29) is 0 Å². The molecule has 0 radical (unpaired) electrons. The molecule has 0 spiro atoms. The SMILES string of the molecule is C=C1C(=CC=CCCC[C@@H](C)CCCC(C)(C)O)C[C@@H](O)C[C@@H]1O. The van der Waals surface area contributed by atoms with E-state index >= 15 is 0 Å². The van der Waals surface area contributed by atoms with Crippen LogP contribution in [0.1, 0.15) is 72.1 Å². The number of aliphatic hydroxyl groups is 3. The van der Waals surface area contributed by atoms with Crippen LogP contribution in [-0.2, 0) is 0 Å². The molecule has 1 aliphatic rings. The van der Waals surface area contributed by atoms with E-state index in [1.165, 1.54) is 12.8 Å². The molecule has 1 aliphatic carbocycles. The highest BCUT2D eigenvalue weighted by atomic mass is 16.3. The highest BCUT2D eigenvalue weighted by Gasteiger charge is 2.24. The van der Waals surface area contributed by atoms with Gasteiger partial charge in [0.25, 0.3) is 0 Å². The molecule has 3 N–H and O–H groups in total. The van der Waals surface area contributed by atoms with Gasteiger partial charge in [-0.25, -0.2) is 0 Å². The molecule has 24 heavy (non-hydrogen) atoms. The summed E-state index contributed by atoms with van der Waals surface area (Å²) < 4.78 is 0. The largest absolute Gasteiger partial charge is 0.393 e. The maximum Gasteiger partial charge on any atom is 0.0811 e. The number of allylic oxidation sites excluding steroid dienone is 3. The summed E-state index contributed by atoms with van der Waals surface area (Å²) >= 11 is 0. The first-order valence-electron chi connectivity index (χ1n) is 9.32. The second-order valence-electron chi connectivity index (χ2n) is 8.00. The zero-order valence-corrected chi connectivity index (χ0v) is 15.7. The van der Waals surface area contributed by atoms with Gasteiger partial charge in [-0.1, -0.05) is 51.0 Å². The third-order valence-corrected chi connectivity index (χ3v) is 4.75. The Kier molecular flexibility index (Phi) is 8.96. The Hall–Kier alpha value is -0.900. The summed E-state index contributed by atoms with van der Waals surface area (Å²) in [7, 11) is 0. The third kappa shape index (κ3) is 8.81. The molecule has 3 nitrogen and oxygen atoms in total. The Balaban J connectivity index is 2.21. The number of rotatable bonds is 9. The molecule has 0 unspecified atom stereocenters. The van der Waals surface area contributed by atoms with Gasteiger partial charge < -0.3 is 15.3 Å². The van der Waals surface area contributed by atoms with Crippen molar-refractivity contribution in [3.63, 3.8) is 0 Å². The number of hydrogen-bond acceptors (Lipinski definition) is 3. The summed E-state index contributed by atoms with van der Waals surface area (Å²) in [4.78, 5) is 0. The lowest BCUT2D eigenvalue weighted by molar-refractivity contribution is 0.0669. The van der Waals surface area contributed by atoms with Crippen LogP contribution in [-0.4, -0.2) is 33.1 Å². The number of aliphatic hydroxyl groups excluding tert-OH is 2. The Bertz CT molecular complexity index is 442. The van der Waals surface area contributed by atoms with Crippen LogP contribution in [0.2, 0.25) is 0 Å². The van der Waals surface area contributed by atoms with Crippen LogP contribution in [0.3, 0.4) is 0 Å². The zero-order chi connectivity index (χ0) is 18.2. The lowest BCUT2D eigenvalue weighted by Crippen LogP contribution is -2.26. The average Bonchev–Trinajstić information content (AvgIpc) is 2.46. The minimum Gasteiger partial charge on any atom is -0.393 e. The van der Waals surface area contributed by atoms with Gasteiger partial charge in [0.2, 0.25) is 0 Å². The van der Waals surface area contributed by atoms with Crippen molar-refractivity contribution < 1.29 is 15.3 Å². The van der Waals surface area contributed by atoms with Gasteiger partial charge in [0.1, 0.15) is 0 Å². The van der Waals surface area contributed by atoms with E-state index in [0.717, 1.165) is 36.8 Å². The molecular weight excluding hydrogens is 300 g/mol. The average molecular weight is 337 g/mol. The molecule has 0 aromatic rings. The van der Waals surface area contributed by atoms with Crippen molar-refractivity contribution in [3.05, 3.63) is 36.0 Å². The maximum absolute atomic E-state index is 9.80. The van der Waals surface area contributed by atoms with Crippen LogP contribution in [0.15, 0.2) is 36.0 Å². The zero-order valence-electron chi connectivity index (χ0n) is 15.7. The van der Waals surface area contributed by atoms with E-state index < -0.39 is 17.8 Å². The first kappa shape index (κ1) is 21.1. The summed E-state index contributed by atoms with van der Waals surface area (Å²) in [6.45, 7) is 9.94. The fourth-order valence-corrected chi connectivity index (χ4v) is 3.15. The Morgan fingerprint density at radius 1 is 1.25 bits per heavy atom. The second kappa shape index (κ2) is 10.2. The maximum atomic E-state index is 9.80. The van der Waals surface area contributed by atoms with Gasteiger partial charge in [-0.3, -0.25) is 0 Å². The molecule has 0 aromatic carbocycles. The molecule has 0 aliphatic heterocycles. The van der Waals surface area contributed by atoms with E-state index in [9.17, 15) is 15.3 Å². The van der Waals surface area contributed by atoms with Crippen LogP contribution in [0.5, 0.6) is 0 Å². The van der Waals surface area contributed by atoms with Gasteiger partial charge in [0, 0.05) is 6.42 Å². The van der Waals surface area contributed by atoms with Crippen LogP contribution in [0, 0.1) is 5.92 Å². The van der Waals surface area contributed by atoms with Crippen LogP contribution in [0.25, 0.3) is 0 Å². The molecule has 0 aromatic heterocycles. The van der Waals surface area contributed by atoms with Crippen molar-refractivity contribution in [3.8, 4) is 0 Å². The molecule has 0 amide bonds. The Morgan fingerprint density at radius 3 is 2.58 bits per heavy atom. The molecule has 1 saturated carbocycles. The molecule has 1 fully saturated rings. The number of unbranched alkanes of at least 4 members (excludes halogenated alkanes) is 1. The van der Waals surface area contributed by atoms with Gasteiger partial charge in [0.15, 0.2) is 0 Å². The molecule has 138 valence electrons. The van der Waals surface area contributed by atoms with Crippen molar-refractivity contribution in [1.29, 1.82) is 0 Å². The summed E-state index contributed by atoms with van der Waals surface area (Å²) in [6.07, 6.45) is 12.6. The highest BCUT2D eigenvalue weighted by Crippen LogP contribution is 2.28. The Labute approximate surface area is 147 Å². The summed E-state index contributed by atoms with van der Waals surface area (Å²) in [5.74, 6) is 0.697. The monoisotopic (exact) mass is 336 g/mol. The van der Waals surface area contributed by atoms with Crippen molar-refractivity contribution in [2.75, 3.05) is 0 Å². The quantitative estimate of drug-likeness (QED) is 0.551. The van der Waals surface area contributed by atoms with E-state index in [0.29, 0.717) is 18.8 Å². The minimum absolute atomic E-state index is 0.394. The summed E-state index contributed by atoms with van der Waals surface area (Å²) in [6, 6.07) is 0. The van der Waals surface area contributed by atoms with Gasteiger partial charge in [-0.2, -0.15) is 0 Å².